The Balaban J connectivity index is 1.73. The summed E-state index contributed by atoms with van der Waals surface area (Å²) < 4.78 is 5.74. The third kappa shape index (κ3) is 3.89. The maximum Gasteiger partial charge on any atom is 0.255 e. The molecule has 0 bridgehead atoms. The highest BCUT2D eigenvalue weighted by Crippen LogP contribution is 2.22. The molecule has 0 aromatic heterocycles. The Morgan fingerprint density at radius 3 is 2.26 bits per heavy atom. The fraction of sp³-hybridized carbons (Fsp3) is 0. The van der Waals surface area contributed by atoms with Crippen molar-refractivity contribution in [1.82, 2.24) is 0 Å². The van der Waals surface area contributed by atoms with E-state index in [-0.39, 0.29) is 5.91 Å². The molecule has 0 aliphatic heterocycles. The lowest BCUT2D eigenvalue weighted by atomic mass is 10.2. The molecule has 0 radical (unpaired) electrons. The molecule has 0 spiro atoms. The van der Waals surface area contributed by atoms with E-state index in [1.807, 2.05) is 36.4 Å². The number of hydrogen-bond acceptors (Lipinski definition) is 3. The van der Waals surface area contributed by atoms with Crippen LogP contribution in [0, 0.1) is 0 Å². The van der Waals surface area contributed by atoms with Crippen molar-refractivity contribution in [2.75, 3.05) is 11.1 Å². The molecule has 0 saturated heterocycles. The molecule has 3 aromatic carbocycles. The molecule has 0 atom stereocenters. The van der Waals surface area contributed by atoms with Crippen LogP contribution in [0.4, 0.5) is 11.4 Å². The molecule has 23 heavy (non-hydrogen) atoms. The van der Waals surface area contributed by atoms with Gasteiger partial charge >= 0.3 is 0 Å². The summed E-state index contributed by atoms with van der Waals surface area (Å²) in [5.74, 6) is 1.14. The van der Waals surface area contributed by atoms with Crippen LogP contribution in [-0.4, -0.2) is 5.91 Å². The number of rotatable bonds is 4. The average molecular weight is 304 g/mol. The number of nitrogens with two attached hydrogens (primary N) is 1. The summed E-state index contributed by atoms with van der Waals surface area (Å²) in [5.41, 5.74) is 7.50. The van der Waals surface area contributed by atoms with Gasteiger partial charge < -0.3 is 15.8 Å². The standard InChI is InChI=1S/C19H16N2O2/c20-15-9-11-16(12-10-15)21-19(22)14-5-4-8-18(13-14)23-17-6-2-1-3-7-17/h1-13H,20H2,(H,21,22). The van der Waals surface area contributed by atoms with E-state index in [2.05, 4.69) is 5.32 Å². The lowest BCUT2D eigenvalue weighted by molar-refractivity contribution is 0.102. The number of para-hydroxylation sites is 1. The first-order chi connectivity index (χ1) is 11.2. The van der Waals surface area contributed by atoms with Crippen molar-refractivity contribution in [2.45, 2.75) is 0 Å². The van der Waals surface area contributed by atoms with Gasteiger partial charge in [0.2, 0.25) is 0 Å². The van der Waals surface area contributed by atoms with E-state index in [1.54, 1.807) is 42.5 Å². The summed E-state index contributed by atoms with van der Waals surface area (Å²) in [4.78, 5) is 12.3. The Morgan fingerprint density at radius 2 is 1.52 bits per heavy atom. The molecule has 3 aromatic rings. The van der Waals surface area contributed by atoms with E-state index in [9.17, 15) is 4.79 Å². The molecule has 0 saturated carbocycles. The highest BCUT2D eigenvalue weighted by molar-refractivity contribution is 6.04. The second-order valence-corrected chi connectivity index (χ2v) is 5.02. The summed E-state index contributed by atoms with van der Waals surface area (Å²) in [5, 5.41) is 2.83. The minimum absolute atomic E-state index is 0.201. The molecule has 0 aliphatic rings. The number of anilines is 2. The quantitative estimate of drug-likeness (QED) is 0.706. The molecule has 0 heterocycles. The van der Waals surface area contributed by atoms with E-state index < -0.39 is 0 Å². The van der Waals surface area contributed by atoms with E-state index in [1.165, 1.54) is 0 Å². The molecule has 1 amide bonds. The number of carbonyl (C=O) groups is 1. The summed E-state index contributed by atoms with van der Waals surface area (Å²) in [6.07, 6.45) is 0. The second kappa shape index (κ2) is 6.66. The highest BCUT2D eigenvalue weighted by Gasteiger charge is 2.07. The molecule has 0 unspecified atom stereocenters. The van der Waals surface area contributed by atoms with Gasteiger partial charge in [0.25, 0.3) is 5.91 Å². The van der Waals surface area contributed by atoms with Gasteiger partial charge in [0, 0.05) is 16.9 Å². The van der Waals surface area contributed by atoms with Gasteiger partial charge in [-0.05, 0) is 54.6 Å². The Morgan fingerprint density at radius 1 is 0.826 bits per heavy atom. The van der Waals surface area contributed by atoms with Crippen LogP contribution in [0.25, 0.3) is 0 Å². The van der Waals surface area contributed by atoms with Gasteiger partial charge in [0.05, 0.1) is 0 Å². The van der Waals surface area contributed by atoms with Crippen LogP contribution in [-0.2, 0) is 0 Å². The zero-order valence-electron chi connectivity index (χ0n) is 12.4. The minimum atomic E-state index is -0.201. The highest BCUT2D eigenvalue weighted by atomic mass is 16.5. The third-order valence-corrected chi connectivity index (χ3v) is 3.24. The fourth-order valence-corrected chi connectivity index (χ4v) is 2.10. The Bertz CT molecular complexity index is 799. The predicted molar refractivity (Wildman–Crippen MR) is 91.8 cm³/mol. The van der Waals surface area contributed by atoms with Crippen LogP contribution in [0.1, 0.15) is 10.4 Å². The molecule has 0 aliphatic carbocycles. The van der Waals surface area contributed by atoms with Crippen molar-refractivity contribution < 1.29 is 9.53 Å². The van der Waals surface area contributed by atoms with Crippen LogP contribution in [0.5, 0.6) is 11.5 Å². The van der Waals surface area contributed by atoms with Gasteiger partial charge in [0.1, 0.15) is 11.5 Å². The smallest absolute Gasteiger partial charge is 0.255 e. The van der Waals surface area contributed by atoms with Crippen LogP contribution >= 0.6 is 0 Å². The molecular formula is C19H16N2O2. The first kappa shape index (κ1) is 14.7. The van der Waals surface area contributed by atoms with Crippen LogP contribution < -0.4 is 15.8 Å². The lowest BCUT2D eigenvalue weighted by Crippen LogP contribution is -2.11. The first-order valence-corrected chi connectivity index (χ1v) is 7.20. The number of amides is 1. The van der Waals surface area contributed by atoms with Crippen molar-refractivity contribution in [1.29, 1.82) is 0 Å². The zero-order chi connectivity index (χ0) is 16.1. The predicted octanol–water partition coefficient (Wildman–Crippen LogP) is 4.31. The van der Waals surface area contributed by atoms with Crippen molar-refractivity contribution in [2.24, 2.45) is 0 Å². The van der Waals surface area contributed by atoms with Crippen LogP contribution in [0.2, 0.25) is 0 Å². The van der Waals surface area contributed by atoms with Gasteiger partial charge in [-0.3, -0.25) is 4.79 Å². The molecule has 4 heteroatoms. The van der Waals surface area contributed by atoms with Gasteiger partial charge in [-0.15, -0.1) is 0 Å². The van der Waals surface area contributed by atoms with Crippen molar-refractivity contribution in [3.8, 4) is 11.5 Å². The number of nitrogens with one attached hydrogen (secondary N) is 1. The number of carbonyl (C=O) groups excluding carboxylic acids is 1. The molecule has 3 N–H and O–H groups in total. The van der Waals surface area contributed by atoms with E-state index in [0.717, 1.165) is 5.75 Å². The average Bonchev–Trinajstić information content (AvgIpc) is 2.58. The molecular weight excluding hydrogens is 288 g/mol. The summed E-state index contributed by atoms with van der Waals surface area (Å²) in [6, 6.07) is 23.5. The Labute approximate surface area is 134 Å². The molecule has 0 fully saturated rings. The van der Waals surface area contributed by atoms with Gasteiger partial charge in [-0.2, -0.15) is 0 Å². The van der Waals surface area contributed by atoms with E-state index in [4.69, 9.17) is 10.5 Å². The van der Waals surface area contributed by atoms with Gasteiger partial charge in [0.15, 0.2) is 0 Å². The van der Waals surface area contributed by atoms with Crippen LogP contribution in [0.3, 0.4) is 0 Å². The minimum Gasteiger partial charge on any atom is -0.457 e. The van der Waals surface area contributed by atoms with E-state index >= 15 is 0 Å². The maximum atomic E-state index is 12.3. The molecule has 114 valence electrons. The topological polar surface area (TPSA) is 64.3 Å². The fourth-order valence-electron chi connectivity index (χ4n) is 2.10. The Hall–Kier alpha value is -3.27. The summed E-state index contributed by atoms with van der Waals surface area (Å²) >= 11 is 0. The van der Waals surface area contributed by atoms with Crippen molar-refractivity contribution >= 4 is 17.3 Å². The number of ether oxygens (including phenoxy) is 1. The van der Waals surface area contributed by atoms with E-state index in [0.29, 0.717) is 22.7 Å². The maximum absolute atomic E-state index is 12.3. The number of nitrogen functional groups attached to an aromatic ring is 1. The zero-order valence-corrected chi connectivity index (χ0v) is 12.4. The molecule has 3 rings (SSSR count). The van der Waals surface area contributed by atoms with Gasteiger partial charge in [-0.1, -0.05) is 24.3 Å². The third-order valence-electron chi connectivity index (χ3n) is 3.24. The number of benzene rings is 3. The monoisotopic (exact) mass is 304 g/mol. The van der Waals surface area contributed by atoms with Crippen LogP contribution in [0.15, 0.2) is 78.9 Å². The SMILES string of the molecule is Nc1ccc(NC(=O)c2cccc(Oc3ccccc3)c2)cc1. The van der Waals surface area contributed by atoms with Gasteiger partial charge in [-0.25, -0.2) is 0 Å². The first-order valence-electron chi connectivity index (χ1n) is 7.20. The second-order valence-electron chi connectivity index (χ2n) is 5.02. The number of hydrogen-bond donors (Lipinski definition) is 2. The Kier molecular flexibility index (Phi) is 4.25. The largest absolute Gasteiger partial charge is 0.457 e. The lowest BCUT2D eigenvalue weighted by Gasteiger charge is -2.08. The normalized spacial score (nSPS) is 10.1. The summed E-state index contributed by atoms with van der Waals surface area (Å²) in [7, 11) is 0. The van der Waals surface area contributed by atoms with Crippen molar-refractivity contribution in [3.05, 3.63) is 84.4 Å². The van der Waals surface area contributed by atoms with Crippen molar-refractivity contribution in [3.63, 3.8) is 0 Å². The summed E-state index contributed by atoms with van der Waals surface area (Å²) in [6.45, 7) is 0. The molecule has 4 nitrogen and oxygen atoms in total.